The van der Waals surface area contributed by atoms with Crippen molar-refractivity contribution in [2.45, 2.75) is 25.7 Å². The Morgan fingerprint density at radius 2 is 1.81 bits per heavy atom. The largest absolute Gasteiger partial charge is 0.465 e. The number of sulfonamides is 1. The first-order valence-corrected chi connectivity index (χ1v) is 10.8. The van der Waals surface area contributed by atoms with Gasteiger partial charge in [-0.25, -0.2) is 17.9 Å². The summed E-state index contributed by atoms with van der Waals surface area (Å²) in [6.45, 7) is 5.80. The lowest BCUT2D eigenvalue weighted by atomic mass is 10.1. The summed E-state index contributed by atoms with van der Waals surface area (Å²) in [7, 11) is -2.17. The van der Waals surface area contributed by atoms with Gasteiger partial charge in [0.1, 0.15) is 5.00 Å². The highest BCUT2D eigenvalue weighted by Gasteiger charge is 2.21. The molecule has 0 saturated carbocycles. The topological polar surface area (TPSA) is 96.5 Å². The minimum atomic E-state index is -3.50. The van der Waals surface area contributed by atoms with Crippen molar-refractivity contribution in [3.05, 3.63) is 40.3 Å². The minimum Gasteiger partial charge on any atom is -0.465 e. The van der Waals surface area contributed by atoms with E-state index in [4.69, 9.17) is 17.0 Å². The van der Waals surface area contributed by atoms with E-state index < -0.39 is 16.0 Å². The van der Waals surface area contributed by atoms with Crippen LogP contribution in [-0.2, 0) is 14.8 Å². The molecular formula is C17H21N3O4S3. The molecule has 7 nitrogen and oxygen atoms in total. The van der Waals surface area contributed by atoms with Crippen molar-refractivity contribution in [2.75, 3.05) is 24.3 Å². The van der Waals surface area contributed by atoms with E-state index >= 15 is 0 Å². The summed E-state index contributed by atoms with van der Waals surface area (Å²) in [5, 5.41) is 6.86. The number of methoxy groups -OCH3 is 1. The van der Waals surface area contributed by atoms with E-state index in [0.29, 0.717) is 22.8 Å². The fraction of sp³-hybridized carbons (Fsp3) is 0.294. The molecule has 0 aliphatic rings. The van der Waals surface area contributed by atoms with Crippen molar-refractivity contribution in [3.63, 3.8) is 0 Å². The van der Waals surface area contributed by atoms with E-state index in [-0.39, 0.29) is 10.0 Å². The number of rotatable bonds is 6. The minimum absolute atomic E-state index is 0.172. The van der Waals surface area contributed by atoms with Crippen molar-refractivity contribution in [1.82, 2.24) is 4.72 Å². The highest BCUT2D eigenvalue weighted by atomic mass is 32.2. The highest BCUT2D eigenvalue weighted by molar-refractivity contribution is 7.89. The monoisotopic (exact) mass is 427 g/mol. The second-order valence-electron chi connectivity index (χ2n) is 5.58. The van der Waals surface area contributed by atoms with Crippen LogP contribution < -0.4 is 15.4 Å². The first-order chi connectivity index (χ1) is 12.7. The summed E-state index contributed by atoms with van der Waals surface area (Å²) in [6, 6.07) is 6.21. The Balaban J connectivity index is 2.13. The van der Waals surface area contributed by atoms with Gasteiger partial charge in [0.2, 0.25) is 10.0 Å². The van der Waals surface area contributed by atoms with Crippen molar-refractivity contribution in [3.8, 4) is 0 Å². The first-order valence-electron chi connectivity index (χ1n) is 8.05. The number of aryl methyl sites for hydroxylation is 1. The van der Waals surface area contributed by atoms with Crippen LogP contribution in [0.5, 0.6) is 0 Å². The average Bonchev–Trinajstić information content (AvgIpc) is 2.88. The molecule has 2 aromatic rings. The molecule has 1 heterocycles. The van der Waals surface area contributed by atoms with E-state index in [1.807, 2.05) is 13.8 Å². The lowest BCUT2D eigenvalue weighted by Gasteiger charge is -2.11. The quantitative estimate of drug-likeness (QED) is 0.481. The summed E-state index contributed by atoms with van der Waals surface area (Å²) in [4.78, 5) is 13.2. The Labute approximate surface area is 168 Å². The van der Waals surface area contributed by atoms with Crippen molar-refractivity contribution in [1.29, 1.82) is 0 Å². The van der Waals surface area contributed by atoms with Crippen LogP contribution in [0.2, 0.25) is 0 Å². The Morgan fingerprint density at radius 1 is 1.19 bits per heavy atom. The molecule has 0 aliphatic carbocycles. The van der Waals surface area contributed by atoms with Gasteiger partial charge < -0.3 is 15.4 Å². The first kappa shape index (κ1) is 21.3. The van der Waals surface area contributed by atoms with E-state index in [9.17, 15) is 13.2 Å². The highest BCUT2D eigenvalue weighted by Crippen LogP contribution is 2.33. The number of carbonyl (C=O) groups excluding carboxylic acids is 1. The molecule has 2 rings (SSSR count). The fourth-order valence-corrected chi connectivity index (χ4v) is 4.70. The molecule has 146 valence electrons. The lowest BCUT2D eigenvalue weighted by Crippen LogP contribution is -2.23. The number of anilines is 2. The molecule has 0 saturated heterocycles. The molecular weight excluding hydrogens is 406 g/mol. The molecule has 0 atom stereocenters. The Kier molecular flexibility index (Phi) is 6.93. The van der Waals surface area contributed by atoms with E-state index in [1.54, 1.807) is 19.1 Å². The number of ether oxygens (including phenoxy) is 1. The lowest BCUT2D eigenvalue weighted by molar-refractivity contribution is 0.0601. The van der Waals surface area contributed by atoms with Gasteiger partial charge in [-0.05, 0) is 55.9 Å². The fourth-order valence-electron chi connectivity index (χ4n) is 2.32. The van der Waals surface area contributed by atoms with Crippen LogP contribution in [0.3, 0.4) is 0 Å². The molecule has 27 heavy (non-hydrogen) atoms. The zero-order valence-corrected chi connectivity index (χ0v) is 17.8. The number of thiocarbonyl (C=S) groups is 1. The third-order valence-electron chi connectivity index (χ3n) is 3.76. The second-order valence-corrected chi connectivity index (χ2v) is 8.98. The van der Waals surface area contributed by atoms with Crippen LogP contribution in [0.1, 0.15) is 27.7 Å². The number of esters is 1. The Morgan fingerprint density at radius 3 is 2.37 bits per heavy atom. The summed E-state index contributed by atoms with van der Waals surface area (Å²) in [6.07, 6.45) is 0. The number of thiophene rings is 1. The summed E-state index contributed by atoms with van der Waals surface area (Å²) < 4.78 is 31.2. The average molecular weight is 428 g/mol. The molecule has 0 aliphatic heterocycles. The predicted octanol–water partition coefficient (Wildman–Crippen LogP) is 3.26. The van der Waals surface area contributed by atoms with Crippen molar-refractivity contribution >= 4 is 55.3 Å². The molecule has 1 aromatic carbocycles. The zero-order chi connectivity index (χ0) is 20.2. The van der Waals surface area contributed by atoms with Crippen LogP contribution in [0.25, 0.3) is 0 Å². The third kappa shape index (κ3) is 5.04. The van der Waals surface area contributed by atoms with Gasteiger partial charge in [-0.1, -0.05) is 6.92 Å². The van der Waals surface area contributed by atoms with E-state index in [1.165, 1.54) is 30.6 Å². The maximum atomic E-state index is 12.0. The molecule has 10 heteroatoms. The summed E-state index contributed by atoms with van der Waals surface area (Å²) in [5.74, 6) is -0.430. The number of hydrogen-bond acceptors (Lipinski definition) is 6. The maximum Gasteiger partial charge on any atom is 0.341 e. The van der Waals surface area contributed by atoms with Gasteiger partial charge in [-0.15, -0.1) is 11.3 Å². The SMILES string of the molecule is CCNS(=O)(=O)c1ccc(NC(=S)Nc2sc(C)c(C)c2C(=O)OC)cc1. The standard InChI is InChI=1S/C17H21N3O4S3/c1-5-18-27(22,23)13-8-6-12(7-9-13)19-17(25)20-15-14(16(21)24-4)10(2)11(3)26-15/h6-9,18H,5H2,1-4H3,(H2,19,20,25). The van der Waals surface area contributed by atoms with Gasteiger partial charge in [0, 0.05) is 17.1 Å². The van der Waals surface area contributed by atoms with Gasteiger partial charge in [0.05, 0.1) is 17.6 Å². The van der Waals surface area contributed by atoms with Gasteiger partial charge >= 0.3 is 5.97 Å². The third-order valence-corrected chi connectivity index (χ3v) is 6.65. The van der Waals surface area contributed by atoms with Gasteiger partial charge in [0.25, 0.3) is 0 Å². The Hall–Kier alpha value is -2.01. The van der Waals surface area contributed by atoms with Crippen LogP contribution in [0, 0.1) is 13.8 Å². The van der Waals surface area contributed by atoms with Gasteiger partial charge in [-0.2, -0.15) is 0 Å². The predicted molar refractivity (Wildman–Crippen MR) is 112 cm³/mol. The molecule has 0 unspecified atom stereocenters. The van der Waals surface area contributed by atoms with Gasteiger partial charge in [-0.3, -0.25) is 0 Å². The number of benzene rings is 1. The second kappa shape index (κ2) is 8.79. The normalized spacial score (nSPS) is 11.1. The zero-order valence-electron chi connectivity index (χ0n) is 15.4. The van der Waals surface area contributed by atoms with Crippen molar-refractivity contribution < 1.29 is 17.9 Å². The molecule has 0 bridgehead atoms. The van der Waals surface area contributed by atoms with Crippen LogP contribution in [0.4, 0.5) is 10.7 Å². The van der Waals surface area contributed by atoms with Crippen molar-refractivity contribution in [2.24, 2.45) is 0 Å². The molecule has 3 N–H and O–H groups in total. The molecule has 1 aromatic heterocycles. The van der Waals surface area contributed by atoms with Gasteiger partial charge in [0.15, 0.2) is 5.11 Å². The Bertz CT molecular complexity index is 951. The number of hydrogen-bond donors (Lipinski definition) is 3. The smallest absolute Gasteiger partial charge is 0.341 e. The van der Waals surface area contributed by atoms with Crippen LogP contribution in [0.15, 0.2) is 29.2 Å². The molecule has 0 radical (unpaired) electrons. The van der Waals surface area contributed by atoms with Crippen LogP contribution in [-0.4, -0.2) is 33.2 Å². The summed E-state index contributed by atoms with van der Waals surface area (Å²) >= 11 is 6.71. The molecule has 0 fully saturated rings. The number of nitrogens with one attached hydrogen (secondary N) is 3. The maximum absolute atomic E-state index is 12.0. The van der Waals surface area contributed by atoms with E-state index in [0.717, 1.165) is 10.4 Å². The number of carbonyl (C=O) groups is 1. The molecule has 0 spiro atoms. The molecule has 0 amide bonds. The van der Waals surface area contributed by atoms with Crippen LogP contribution >= 0.6 is 23.6 Å². The summed E-state index contributed by atoms with van der Waals surface area (Å²) in [5.41, 5.74) is 1.92. The van der Waals surface area contributed by atoms with E-state index in [2.05, 4.69) is 15.4 Å².